The third-order valence-corrected chi connectivity index (χ3v) is 3.71. The normalized spacial score (nSPS) is 21.4. The van der Waals surface area contributed by atoms with E-state index in [2.05, 4.69) is 47.8 Å². The second kappa shape index (κ2) is 6.28. The quantitative estimate of drug-likeness (QED) is 0.830. The summed E-state index contributed by atoms with van der Waals surface area (Å²) < 4.78 is 5.71. The summed E-state index contributed by atoms with van der Waals surface area (Å²) in [5.41, 5.74) is 1.17. The molecule has 0 aromatic heterocycles. The van der Waals surface area contributed by atoms with Crippen molar-refractivity contribution in [2.24, 2.45) is 0 Å². The van der Waals surface area contributed by atoms with Gasteiger partial charge in [-0.25, -0.2) is 0 Å². The van der Waals surface area contributed by atoms with Crippen LogP contribution in [0, 0.1) is 0 Å². The molecular weight excluding hydrogens is 232 g/mol. The first kappa shape index (κ1) is 12.7. The Balaban J connectivity index is 1.80. The molecule has 17 heavy (non-hydrogen) atoms. The summed E-state index contributed by atoms with van der Waals surface area (Å²) in [6, 6.07) is 8.53. The number of thioether (sulfide) groups is 1. The van der Waals surface area contributed by atoms with Crippen LogP contribution in [0.3, 0.4) is 0 Å². The van der Waals surface area contributed by atoms with Crippen molar-refractivity contribution in [2.75, 3.05) is 44.9 Å². The van der Waals surface area contributed by atoms with Crippen molar-refractivity contribution in [1.29, 1.82) is 0 Å². The number of hydrogen-bond acceptors (Lipinski definition) is 4. The van der Waals surface area contributed by atoms with Gasteiger partial charge in [0, 0.05) is 30.2 Å². The van der Waals surface area contributed by atoms with Gasteiger partial charge in [-0.1, -0.05) is 0 Å². The van der Waals surface area contributed by atoms with Crippen molar-refractivity contribution < 1.29 is 4.74 Å². The average Bonchev–Trinajstić information content (AvgIpc) is 2.37. The first-order valence-electron chi connectivity index (χ1n) is 5.96. The van der Waals surface area contributed by atoms with Gasteiger partial charge in [0.05, 0.1) is 12.7 Å². The van der Waals surface area contributed by atoms with Gasteiger partial charge < -0.3 is 15.0 Å². The van der Waals surface area contributed by atoms with E-state index in [4.69, 9.17) is 4.74 Å². The van der Waals surface area contributed by atoms with Crippen LogP contribution in [-0.4, -0.2) is 50.5 Å². The Hall–Kier alpha value is -0.710. The lowest BCUT2D eigenvalue weighted by Gasteiger charge is -2.30. The summed E-state index contributed by atoms with van der Waals surface area (Å²) in [5, 5.41) is 3.43. The predicted molar refractivity (Wildman–Crippen MR) is 73.9 cm³/mol. The molecule has 1 aromatic carbocycles. The van der Waals surface area contributed by atoms with Gasteiger partial charge in [-0.2, -0.15) is 0 Å². The van der Waals surface area contributed by atoms with E-state index in [1.54, 1.807) is 11.8 Å². The number of morpholine rings is 1. The summed E-state index contributed by atoms with van der Waals surface area (Å²) >= 11 is 1.76. The van der Waals surface area contributed by atoms with Gasteiger partial charge in [0.2, 0.25) is 0 Å². The van der Waals surface area contributed by atoms with Gasteiger partial charge in [0.1, 0.15) is 0 Å². The summed E-state index contributed by atoms with van der Waals surface area (Å²) in [6.45, 7) is 3.77. The van der Waals surface area contributed by atoms with Crippen LogP contribution in [0.15, 0.2) is 29.2 Å². The minimum absolute atomic E-state index is 0.300. The van der Waals surface area contributed by atoms with E-state index in [1.807, 2.05) is 0 Å². The topological polar surface area (TPSA) is 24.5 Å². The number of hydrogen-bond donors (Lipinski definition) is 1. The number of ether oxygens (including phenoxy) is 1. The lowest BCUT2D eigenvalue weighted by Crippen LogP contribution is -2.43. The fourth-order valence-corrected chi connectivity index (χ4v) is 2.34. The highest BCUT2D eigenvalue weighted by molar-refractivity contribution is 7.98. The molecule has 1 heterocycles. The van der Waals surface area contributed by atoms with Gasteiger partial charge in [0.15, 0.2) is 0 Å². The fourth-order valence-electron chi connectivity index (χ4n) is 1.93. The predicted octanol–water partition coefficient (Wildman–Crippen LogP) is 2.15. The zero-order valence-electron chi connectivity index (χ0n) is 10.5. The van der Waals surface area contributed by atoms with E-state index in [0.717, 1.165) is 26.2 Å². The van der Waals surface area contributed by atoms with Crippen LogP contribution in [0.2, 0.25) is 0 Å². The van der Waals surface area contributed by atoms with Crippen LogP contribution in [0.5, 0.6) is 0 Å². The number of likely N-dealkylation sites (N-methyl/N-ethyl adjacent to an activating group) is 1. The molecule has 1 aromatic rings. The number of anilines is 1. The van der Waals surface area contributed by atoms with Crippen molar-refractivity contribution in [3.05, 3.63) is 24.3 Å². The number of rotatable bonds is 4. The number of nitrogens with one attached hydrogen (secondary N) is 1. The summed E-state index contributed by atoms with van der Waals surface area (Å²) in [6.07, 6.45) is 2.39. The highest BCUT2D eigenvalue weighted by Gasteiger charge is 2.16. The Morgan fingerprint density at radius 3 is 2.82 bits per heavy atom. The van der Waals surface area contributed by atoms with Gasteiger partial charge in [0.25, 0.3) is 0 Å². The third kappa shape index (κ3) is 3.91. The van der Waals surface area contributed by atoms with E-state index in [1.165, 1.54) is 10.6 Å². The van der Waals surface area contributed by atoms with Crippen LogP contribution in [-0.2, 0) is 4.74 Å². The first-order chi connectivity index (χ1) is 8.28. The van der Waals surface area contributed by atoms with Crippen molar-refractivity contribution in [3.8, 4) is 0 Å². The molecular formula is C13H20N2OS. The highest BCUT2D eigenvalue weighted by Crippen LogP contribution is 2.17. The lowest BCUT2D eigenvalue weighted by molar-refractivity contribution is -0.0117. The molecule has 1 aliphatic rings. The molecule has 1 saturated heterocycles. The molecule has 0 bridgehead atoms. The molecule has 1 aliphatic heterocycles. The molecule has 94 valence electrons. The second-order valence-electron chi connectivity index (χ2n) is 4.36. The molecule has 1 fully saturated rings. The molecule has 1 N–H and O–H groups in total. The molecule has 0 amide bonds. The SMILES string of the molecule is CSc1ccc(NCC2CN(C)CCO2)cc1. The summed E-state index contributed by atoms with van der Waals surface area (Å²) in [4.78, 5) is 3.61. The Morgan fingerprint density at radius 1 is 1.41 bits per heavy atom. The maximum Gasteiger partial charge on any atom is 0.0874 e. The fraction of sp³-hybridized carbons (Fsp3) is 0.538. The minimum atomic E-state index is 0.300. The highest BCUT2D eigenvalue weighted by atomic mass is 32.2. The molecule has 0 aliphatic carbocycles. The van der Waals surface area contributed by atoms with Gasteiger partial charge in [-0.05, 0) is 37.6 Å². The second-order valence-corrected chi connectivity index (χ2v) is 5.24. The van der Waals surface area contributed by atoms with Crippen LogP contribution in [0.25, 0.3) is 0 Å². The van der Waals surface area contributed by atoms with E-state index in [0.29, 0.717) is 6.10 Å². The van der Waals surface area contributed by atoms with Gasteiger partial charge in [-0.3, -0.25) is 0 Å². The Bertz CT molecular complexity index is 342. The maximum absolute atomic E-state index is 5.71. The molecule has 0 spiro atoms. The van der Waals surface area contributed by atoms with Gasteiger partial charge in [-0.15, -0.1) is 11.8 Å². The molecule has 0 radical (unpaired) electrons. The zero-order valence-corrected chi connectivity index (χ0v) is 11.3. The molecule has 3 nitrogen and oxygen atoms in total. The molecule has 1 unspecified atom stereocenters. The number of nitrogens with zero attached hydrogens (tertiary/aromatic N) is 1. The lowest BCUT2D eigenvalue weighted by atomic mass is 10.2. The Kier molecular flexibility index (Phi) is 4.71. The van der Waals surface area contributed by atoms with E-state index < -0.39 is 0 Å². The average molecular weight is 252 g/mol. The van der Waals surface area contributed by atoms with Crippen LogP contribution in [0.1, 0.15) is 0 Å². The first-order valence-corrected chi connectivity index (χ1v) is 7.18. The van der Waals surface area contributed by atoms with Crippen LogP contribution in [0.4, 0.5) is 5.69 Å². The van der Waals surface area contributed by atoms with E-state index in [9.17, 15) is 0 Å². The monoisotopic (exact) mass is 252 g/mol. The van der Waals surface area contributed by atoms with E-state index >= 15 is 0 Å². The number of benzene rings is 1. The van der Waals surface area contributed by atoms with E-state index in [-0.39, 0.29) is 0 Å². The smallest absolute Gasteiger partial charge is 0.0874 e. The molecule has 2 rings (SSSR count). The maximum atomic E-state index is 5.71. The Labute approximate surface area is 108 Å². The molecule has 4 heteroatoms. The molecule has 1 atom stereocenters. The van der Waals surface area contributed by atoms with Crippen molar-refractivity contribution >= 4 is 17.4 Å². The van der Waals surface area contributed by atoms with Crippen LogP contribution < -0.4 is 5.32 Å². The standard InChI is InChI=1S/C13H20N2OS/c1-15-7-8-16-12(10-15)9-14-11-3-5-13(17-2)6-4-11/h3-6,12,14H,7-10H2,1-2H3. The van der Waals surface area contributed by atoms with Crippen LogP contribution >= 0.6 is 11.8 Å². The van der Waals surface area contributed by atoms with Crippen molar-refractivity contribution in [3.63, 3.8) is 0 Å². The van der Waals surface area contributed by atoms with Crippen molar-refractivity contribution in [2.45, 2.75) is 11.0 Å². The summed E-state index contributed by atoms with van der Waals surface area (Å²) in [5.74, 6) is 0. The molecule has 0 saturated carbocycles. The summed E-state index contributed by atoms with van der Waals surface area (Å²) in [7, 11) is 2.14. The third-order valence-electron chi connectivity index (χ3n) is 2.97. The zero-order chi connectivity index (χ0) is 12.1. The largest absolute Gasteiger partial charge is 0.382 e. The van der Waals surface area contributed by atoms with Crippen molar-refractivity contribution in [1.82, 2.24) is 4.90 Å². The van der Waals surface area contributed by atoms with Gasteiger partial charge >= 0.3 is 0 Å². The minimum Gasteiger partial charge on any atom is -0.382 e. The Morgan fingerprint density at radius 2 is 2.18 bits per heavy atom.